The fourth-order valence-electron chi connectivity index (χ4n) is 4.45. The number of aliphatic imine (C=N–C) groups is 3. The lowest BCUT2D eigenvalue weighted by atomic mass is 10.1. The maximum atomic E-state index is 13.5. The maximum absolute atomic E-state index is 13.5. The molecule has 53 heavy (non-hydrogen) atoms. The van der Waals surface area contributed by atoms with Gasteiger partial charge >= 0.3 is 0 Å². The monoisotopic (exact) mass is 748 g/mol. The quantitative estimate of drug-likeness (QED) is 0.0117. The van der Waals surface area contributed by atoms with Gasteiger partial charge in [0, 0.05) is 25.2 Å². The number of anilines is 2. The molecule has 0 fully saturated rings. The van der Waals surface area contributed by atoms with Crippen molar-refractivity contribution in [1.29, 1.82) is 0 Å². The molecule has 3 atom stereocenters. The van der Waals surface area contributed by atoms with Gasteiger partial charge in [0.15, 0.2) is 17.9 Å². The first-order valence-electron chi connectivity index (χ1n) is 16.3. The minimum absolute atomic E-state index is 0.0106. The van der Waals surface area contributed by atoms with E-state index in [0.29, 0.717) is 17.8 Å². The van der Waals surface area contributed by atoms with Gasteiger partial charge in [0.2, 0.25) is 29.5 Å². The van der Waals surface area contributed by atoms with Crippen molar-refractivity contribution in [2.75, 3.05) is 43.9 Å². The number of carbonyl (C=O) groups excluding carboxylic acids is 6. The highest BCUT2D eigenvalue weighted by atomic mass is 16.2. The Morgan fingerprint density at radius 1 is 0.604 bits per heavy atom. The molecule has 24 heteroatoms. The van der Waals surface area contributed by atoms with Crippen molar-refractivity contribution in [3.63, 3.8) is 0 Å². The predicted octanol–water partition coefficient (Wildman–Crippen LogP) is -6.50. The zero-order valence-electron chi connectivity index (χ0n) is 29.2. The van der Waals surface area contributed by atoms with Gasteiger partial charge in [0.05, 0.1) is 24.5 Å². The van der Waals surface area contributed by atoms with E-state index >= 15 is 0 Å². The van der Waals surface area contributed by atoms with E-state index in [4.69, 9.17) is 51.7 Å². The number of carbonyl (C=O) groups is 6. The molecule has 0 radical (unpaired) electrons. The van der Waals surface area contributed by atoms with Gasteiger partial charge in [-0.1, -0.05) is 0 Å². The van der Waals surface area contributed by atoms with Gasteiger partial charge in [-0.2, -0.15) is 0 Å². The average Bonchev–Trinajstić information content (AvgIpc) is 3.09. The molecule has 0 spiro atoms. The third kappa shape index (κ3) is 18.8. The summed E-state index contributed by atoms with van der Waals surface area (Å²) < 4.78 is 0. The molecule has 1 rings (SSSR count). The van der Waals surface area contributed by atoms with Crippen LogP contribution in [0.5, 0.6) is 0 Å². The topological polar surface area (TPSA) is 446 Å². The van der Waals surface area contributed by atoms with Crippen molar-refractivity contribution < 1.29 is 28.8 Å². The lowest BCUT2D eigenvalue weighted by Gasteiger charge is -2.25. The number of primary amides is 1. The highest BCUT2D eigenvalue weighted by Crippen LogP contribution is 2.18. The van der Waals surface area contributed by atoms with Gasteiger partial charge in [-0.25, -0.2) is 0 Å². The molecule has 0 saturated carbocycles. The van der Waals surface area contributed by atoms with Crippen molar-refractivity contribution >= 4 is 64.7 Å². The lowest BCUT2D eigenvalue weighted by molar-refractivity contribution is -0.133. The average molecular weight is 749 g/mol. The number of nitrogens with two attached hydrogens (primary N) is 9. The molecule has 0 aliphatic heterocycles. The molecule has 0 saturated heterocycles. The second kappa shape index (κ2) is 23.7. The Morgan fingerprint density at radius 2 is 1.06 bits per heavy atom. The number of nitrogen functional groups attached to an aromatic ring is 2. The molecular weight excluding hydrogens is 696 g/mol. The number of amides is 6. The second-order valence-corrected chi connectivity index (χ2v) is 11.4. The number of hydrogen-bond donors (Lipinski definition) is 15. The molecule has 24 nitrogen and oxygen atoms in total. The van der Waals surface area contributed by atoms with Crippen LogP contribution in [0, 0.1) is 0 Å². The number of benzene rings is 1. The van der Waals surface area contributed by atoms with Crippen LogP contribution in [-0.4, -0.2) is 104 Å². The summed E-state index contributed by atoms with van der Waals surface area (Å²) in [6.45, 7) is -0.656. The van der Waals surface area contributed by atoms with Crippen molar-refractivity contribution in [2.45, 2.75) is 56.7 Å². The molecule has 0 aliphatic rings. The Kier molecular flexibility index (Phi) is 19.9. The Bertz CT molecular complexity index is 1500. The van der Waals surface area contributed by atoms with Crippen LogP contribution in [0.4, 0.5) is 11.4 Å². The van der Waals surface area contributed by atoms with Crippen LogP contribution in [0.1, 0.15) is 48.9 Å². The zero-order valence-corrected chi connectivity index (χ0v) is 29.2. The van der Waals surface area contributed by atoms with E-state index in [-0.39, 0.29) is 75.2 Å². The van der Waals surface area contributed by atoms with Crippen LogP contribution in [0.3, 0.4) is 0 Å². The molecule has 6 amide bonds. The summed E-state index contributed by atoms with van der Waals surface area (Å²) in [6, 6.07) is 0.694. The Labute approximate surface area is 305 Å². The SMILES string of the molecule is NNc1cc(C(=O)NCC(=O)NCC(=O)N[C@@H](CCCN=C(N)N)C(=O)N[C@@H](CCCN=C(N)N)C(=O)N[C@@H](CCCN=C(N)N)C(N)=O)ccc1N. The van der Waals surface area contributed by atoms with E-state index in [1.54, 1.807) is 0 Å². The normalized spacial score (nSPS) is 12.0. The zero-order chi connectivity index (χ0) is 39.9. The van der Waals surface area contributed by atoms with E-state index in [1.807, 2.05) is 0 Å². The molecular formula is C29H52N18O6. The molecule has 24 N–H and O–H groups in total. The third-order valence-electron chi connectivity index (χ3n) is 7.11. The summed E-state index contributed by atoms with van der Waals surface area (Å²) in [5.41, 5.74) is 46.5. The highest BCUT2D eigenvalue weighted by molar-refractivity contribution is 5.99. The first kappa shape index (κ1) is 44.4. The van der Waals surface area contributed by atoms with Crippen molar-refractivity contribution in [3.8, 4) is 0 Å². The Hall–Kier alpha value is -6.59. The van der Waals surface area contributed by atoms with E-state index < -0.39 is 66.7 Å². The Morgan fingerprint density at radius 3 is 1.53 bits per heavy atom. The van der Waals surface area contributed by atoms with Gasteiger partial charge in [-0.3, -0.25) is 49.6 Å². The molecule has 0 aliphatic carbocycles. The minimum atomic E-state index is -1.23. The van der Waals surface area contributed by atoms with E-state index in [2.05, 4.69) is 47.0 Å². The number of guanidine groups is 3. The number of nitrogens with zero attached hydrogens (tertiary/aromatic N) is 3. The van der Waals surface area contributed by atoms with Crippen LogP contribution < -0.4 is 83.7 Å². The maximum Gasteiger partial charge on any atom is 0.251 e. The molecule has 1 aromatic carbocycles. The summed E-state index contributed by atoms with van der Waals surface area (Å²) >= 11 is 0. The van der Waals surface area contributed by atoms with Gasteiger partial charge in [0.25, 0.3) is 5.91 Å². The molecule has 294 valence electrons. The van der Waals surface area contributed by atoms with Crippen LogP contribution in [0.25, 0.3) is 0 Å². The highest BCUT2D eigenvalue weighted by Gasteiger charge is 2.29. The van der Waals surface area contributed by atoms with Gasteiger partial charge in [0.1, 0.15) is 18.1 Å². The summed E-state index contributed by atoms with van der Waals surface area (Å²) in [5.74, 6) is 0.423. The number of rotatable bonds is 24. The van der Waals surface area contributed by atoms with Gasteiger partial charge < -0.3 is 77.9 Å². The lowest BCUT2D eigenvalue weighted by Crippen LogP contribution is -2.57. The van der Waals surface area contributed by atoms with E-state index in [1.165, 1.54) is 18.2 Å². The number of hydrogen-bond acceptors (Lipinski definition) is 12. The first-order valence-corrected chi connectivity index (χ1v) is 16.3. The number of nitrogens with one attached hydrogen (secondary N) is 6. The fourth-order valence-corrected chi connectivity index (χ4v) is 4.45. The fraction of sp³-hybridized carbons (Fsp3) is 0.483. The van der Waals surface area contributed by atoms with Crippen molar-refractivity contribution in [3.05, 3.63) is 23.8 Å². The summed E-state index contributed by atoms with van der Waals surface area (Å²) in [4.78, 5) is 88.3. The molecule has 0 heterocycles. The predicted molar refractivity (Wildman–Crippen MR) is 199 cm³/mol. The molecule has 1 aromatic rings. The van der Waals surface area contributed by atoms with E-state index in [0.717, 1.165) is 0 Å². The first-order chi connectivity index (χ1) is 25.0. The number of hydrazine groups is 1. The second-order valence-electron chi connectivity index (χ2n) is 11.4. The standard InChI is InChI=1S/C29H52N18O6/c30-16-8-7-15(12-20(16)47-38)24(51)43-13-21(48)42-14-22(49)44-18(5-2-10-40-28(34)35)25(52)46-19(6-3-11-41-29(36)37)26(53)45-17(23(31)50)4-1-9-39-27(32)33/h7-8,12,17-19,47H,1-6,9-11,13-14,30,38H2,(H2,31,50)(H,42,48)(H,43,51)(H,44,49)(H,45,53)(H,46,52)(H4,32,33,39)(H4,34,35,40)(H4,36,37,41)/t17-,18-,19-/m0/s1. The van der Waals surface area contributed by atoms with Crippen molar-refractivity contribution in [1.82, 2.24) is 26.6 Å². The molecule has 0 unspecified atom stereocenters. The van der Waals surface area contributed by atoms with Gasteiger partial charge in [-0.15, -0.1) is 0 Å². The molecule has 0 aromatic heterocycles. The van der Waals surface area contributed by atoms with Crippen LogP contribution >= 0.6 is 0 Å². The molecule has 0 bridgehead atoms. The van der Waals surface area contributed by atoms with Gasteiger partial charge in [-0.05, 0) is 56.7 Å². The largest absolute Gasteiger partial charge is 0.397 e. The van der Waals surface area contributed by atoms with Crippen LogP contribution in [-0.2, 0) is 24.0 Å². The van der Waals surface area contributed by atoms with Crippen LogP contribution in [0.2, 0.25) is 0 Å². The van der Waals surface area contributed by atoms with E-state index in [9.17, 15) is 28.8 Å². The Balaban J connectivity index is 3.00. The summed E-state index contributed by atoms with van der Waals surface area (Å²) in [5, 5.41) is 12.4. The smallest absolute Gasteiger partial charge is 0.251 e. The van der Waals surface area contributed by atoms with Crippen molar-refractivity contribution in [2.24, 2.45) is 61.0 Å². The summed E-state index contributed by atoms with van der Waals surface area (Å²) in [6.07, 6.45) is 0.883. The third-order valence-corrected chi connectivity index (χ3v) is 7.11. The minimum Gasteiger partial charge on any atom is -0.397 e. The van der Waals surface area contributed by atoms with Crippen LogP contribution in [0.15, 0.2) is 33.2 Å². The summed E-state index contributed by atoms with van der Waals surface area (Å²) in [7, 11) is 0.